The van der Waals surface area contributed by atoms with Gasteiger partial charge >= 0.3 is 0 Å². The van der Waals surface area contributed by atoms with Crippen LogP contribution in [0, 0.1) is 26.2 Å². The molecule has 1 aliphatic carbocycles. The molecule has 1 aliphatic heterocycles. The van der Waals surface area contributed by atoms with Crippen LogP contribution in [0.2, 0.25) is 0 Å². The van der Waals surface area contributed by atoms with Gasteiger partial charge in [-0.3, -0.25) is 0 Å². The van der Waals surface area contributed by atoms with E-state index in [9.17, 15) is 0 Å². The second-order valence-electron chi connectivity index (χ2n) is 7.42. The zero-order chi connectivity index (χ0) is 16.7. The van der Waals surface area contributed by atoms with Gasteiger partial charge in [-0.1, -0.05) is 0 Å². The Morgan fingerprint density at radius 1 is 1.04 bits per heavy atom. The van der Waals surface area contributed by atoms with E-state index in [1.54, 1.807) is 6.33 Å². The van der Waals surface area contributed by atoms with Crippen molar-refractivity contribution in [2.45, 2.75) is 46.1 Å². The van der Waals surface area contributed by atoms with E-state index in [0.717, 1.165) is 41.9 Å². The first-order valence-corrected chi connectivity index (χ1v) is 8.64. The Hall–Kier alpha value is -2.24. The molecular formula is C18H24N6. The maximum atomic E-state index is 4.62. The molecule has 0 amide bonds. The SMILES string of the molecule is Cc1cc(NC2CC3(CCN(c4nc(C)cc(C)n4)C3)C2)ncn1. The molecule has 24 heavy (non-hydrogen) atoms. The molecule has 1 saturated carbocycles. The van der Waals surface area contributed by atoms with Crippen LogP contribution in [0.25, 0.3) is 0 Å². The van der Waals surface area contributed by atoms with Gasteiger partial charge in [0.25, 0.3) is 0 Å². The van der Waals surface area contributed by atoms with Crippen molar-refractivity contribution in [1.29, 1.82) is 0 Å². The normalized spacial score (nSPS) is 25.8. The van der Waals surface area contributed by atoms with Crippen molar-refractivity contribution in [3.05, 3.63) is 35.5 Å². The van der Waals surface area contributed by atoms with E-state index in [1.165, 1.54) is 19.3 Å². The summed E-state index contributed by atoms with van der Waals surface area (Å²) in [5.41, 5.74) is 3.51. The number of aryl methyl sites for hydroxylation is 3. The summed E-state index contributed by atoms with van der Waals surface area (Å²) >= 11 is 0. The lowest BCUT2D eigenvalue weighted by atomic mass is 9.65. The maximum absolute atomic E-state index is 4.62. The van der Waals surface area contributed by atoms with Crippen molar-refractivity contribution in [2.75, 3.05) is 23.3 Å². The number of anilines is 2. The molecule has 126 valence electrons. The second-order valence-corrected chi connectivity index (χ2v) is 7.42. The number of nitrogens with one attached hydrogen (secondary N) is 1. The Kier molecular flexibility index (Phi) is 3.62. The van der Waals surface area contributed by atoms with Crippen molar-refractivity contribution in [3.63, 3.8) is 0 Å². The monoisotopic (exact) mass is 324 g/mol. The lowest BCUT2D eigenvalue weighted by molar-refractivity contribution is 0.144. The minimum Gasteiger partial charge on any atom is -0.367 e. The summed E-state index contributed by atoms with van der Waals surface area (Å²) in [6, 6.07) is 4.55. The van der Waals surface area contributed by atoms with Crippen molar-refractivity contribution < 1.29 is 0 Å². The van der Waals surface area contributed by atoms with Gasteiger partial charge in [-0.05, 0) is 51.5 Å². The molecule has 0 bridgehead atoms. The average molecular weight is 324 g/mol. The van der Waals surface area contributed by atoms with Crippen molar-refractivity contribution in [3.8, 4) is 0 Å². The summed E-state index contributed by atoms with van der Waals surface area (Å²) in [4.78, 5) is 20.0. The summed E-state index contributed by atoms with van der Waals surface area (Å²) in [6.45, 7) is 8.20. The van der Waals surface area contributed by atoms with Gasteiger partial charge in [0.2, 0.25) is 5.95 Å². The lowest BCUT2D eigenvalue weighted by Gasteiger charge is -2.45. The van der Waals surface area contributed by atoms with E-state index in [0.29, 0.717) is 11.5 Å². The molecular weight excluding hydrogens is 300 g/mol. The van der Waals surface area contributed by atoms with Gasteiger partial charge in [0.15, 0.2) is 0 Å². The highest BCUT2D eigenvalue weighted by Crippen LogP contribution is 2.49. The molecule has 6 nitrogen and oxygen atoms in total. The summed E-state index contributed by atoms with van der Waals surface area (Å²) in [6.07, 6.45) is 5.24. The minimum absolute atomic E-state index is 0.417. The standard InChI is InChI=1S/C18H24N6/c1-12-7-16(20-11-19-12)23-15-8-18(9-15)4-5-24(10-18)17-21-13(2)6-14(3)22-17/h6-7,11,15H,4-5,8-10H2,1-3H3,(H,19,20,23). The van der Waals surface area contributed by atoms with E-state index in [-0.39, 0.29) is 0 Å². The summed E-state index contributed by atoms with van der Waals surface area (Å²) < 4.78 is 0. The molecule has 2 aromatic heterocycles. The van der Waals surface area contributed by atoms with Crippen LogP contribution in [0.3, 0.4) is 0 Å². The molecule has 2 aliphatic rings. The van der Waals surface area contributed by atoms with Crippen LogP contribution in [0.15, 0.2) is 18.5 Å². The molecule has 3 heterocycles. The average Bonchev–Trinajstić information content (AvgIpc) is 2.91. The first kappa shape index (κ1) is 15.3. The largest absolute Gasteiger partial charge is 0.367 e. The highest BCUT2D eigenvalue weighted by molar-refractivity contribution is 5.39. The molecule has 0 aromatic carbocycles. The molecule has 0 unspecified atom stereocenters. The highest BCUT2D eigenvalue weighted by Gasteiger charge is 2.49. The molecule has 1 spiro atoms. The quantitative estimate of drug-likeness (QED) is 0.936. The third-order valence-electron chi connectivity index (χ3n) is 5.21. The Morgan fingerprint density at radius 2 is 1.79 bits per heavy atom. The van der Waals surface area contributed by atoms with Gasteiger partial charge in [0.05, 0.1) is 0 Å². The van der Waals surface area contributed by atoms with Crippen LogP contribution < -0.4 is 10.2 Å². The topological polar surface area (TPSA) is 66.8 Å². The zero-order valence-electron chi connectivity index (χ0n) is 14.6. The van der Waals surface area contributed by atoms with Crippen molar-refractivity contribution in [1.82, 2.24) is 19.9 Å². The van der Waals surface area contributed by atoms with Gasteiger partial charge in [-0.2, -0.15) is 0 Å². The van der Waals surface area contributed by atoms with Crippen LogP contribution in [-0.4, -0.2) is 39.1 Å². The Labute approximate surface area is 142 Å². The van der Waals surface area contributed by atoms with Gasteiger partial charge in [-0.25, -0.2) is 19.9 Å². The molecule has 6 heteroatoms. The molecule has 1 N–H and O–H groups in total. The van der Waals surface area contributed by atoms with E-state index < -0.39 is 0 Å². The number of hydrogen-bond donors (Lipinski definition) is 1. The molecule has 2 fully saturated rings. The lowest BCUT2D eigenvalue weighted by Crippen LogP contribution is -2.47. The fourth-order valence-electron chi connectivity index (χ4n) is 4.12. The summed E-state index contributed by atoms with van der Waals surface area (Å²) in [5, 5.41) is 3.54. The Morgan fingerprint density at radius 3 is 2.50 bits per heavy atom. The van der Waals surface area contributed by atoms with Crippen LogP contribution in [-0.2, 0) is 0 Å². The predicted molar refractivity (Wildman–Crippen MR) is 94.2 cm³/mol. The van der Waals surface area contributed by atoms with E-state index in [1.807, 2.05) is 32.9 Å². The molecule has 1 saturated heterocycles. The van der Waals surface area contributed by atoms with Crippen LogP contribution in [0.5, 0.6) is 0 Å². The van der Waals surface area contributed by atoms with E-state index in [2.05, 4.69) is 30.2 Å². The molecule has 2 aromatic rings. The van der Waals surface area contributed by atoms with E-state index >= 15 is 0 Å². The van der Waals surface area contributed by atoms with Gasteiger partial charge in [0, 0.05) is 42.3 Å². The zero-order valence-corrected chi connectivity index (χ0v) is 14.6. The number of rotatable bonds is 3. The summed E-state index contributed by atoms with van der Waals surface area (Å²) in [7, 11) is 0. The Bertz CT molecular complexity index is 733. The fraction of sp³-hybridized carbons (Fsp3) is 0.556. The number of nitrogens with zero attached hydrogens (tertiary/aromatic N) is 5. The number of hydrogen-bond acceptors (Lipinski definition) is 6. The number of aromatic nitrogens is 4. The minimum atomic E-state index is 0.417. The second kappa shape index (κ2) is 5.69. The van der Waals surface area contributed by atoms with Crippen molar-refractivity contribution in [2.24, 2.45) is 5.41 Å². The Balaban J connectivity index is 1.38. The third-order valence-corrected chi connectivity index (χ3v) is 5.21. The van der Waals surface area contributed by atoms with Crippen LogP contribution in [0.1, 0.15) is 36.3 Å². The van der Waals surface area contributed by atoms with Crippen LogP contribution in [0.4, 0.5) is 11.8 Å². The maximum Gasteiger partial charge on any atom is 0.225 e. The predicted octanol–water partition coefficient (Wildman–Crippen LogP) is 2.66. The third kappa shape index (κ3) is 2.92. The van der Waals surface area contributed by atoms with Crippen molar-refractivity contribution >= 4 is 11.8 Å². The van der Waals surface area contributed by atoms with Gasteiger partial charge < -0.3 is 10.2 Å². The van der Waals surface area contributed by atoms with E-state index in [4.69, 9.17) is 0 Å². The van der Waals surface area contributed by atoms with Gasteiger partial charge in [0.1, 0.15) is 12.1 Å². The first-order valence-electron chi connectivity index (χ1n) is 8.64. The van der Waals surface area contributed by atoms with Crippen LogP contribution >= 0.6 is 0 Å². The summed E-state index contributed by atoms with van der Waals surface area (Å²) in [5.74, 6) is 1.84. The van der Waals surface area contributed by atoms with Gasteiger partial charge in [-0.15, -0.1) is 0 Å². The smallest absolute Gasteiger partial charge is 0.225 e. The molecule has 0 atom stereocenters. The first-order chi connectivity index (χ1) is 11.5. The molecule has 4 rings (SSSR count). The molecule has 0 radical (unpaired) electrons. The highest BCUT2D eigenvalue weighted by atomic mass is 15.3. The fourth-order valence-corrected chi connectivity index (χ4v) is 4.12.